The van der Waals surface area contributed by atoms with Crippen molar-refractivity contribution in [1.29, 1.82) is 0 Å². The highest BCUT2D eigenvalue weighted by molar-refractivity contribution is 9.11. The van der Waals surface area contributed by atoms with Crippen LogP contribution in [-0.2, 0) is 6.42 Å². The molecule has 0 saturated heterocycles. The molecule has 18 heavy (non-hydrogen) atoms. The summed E-state index contributed by atoms with van der Waals surface area (Å²) in [6.45, 7) is 11.5. The van der Waals surface area contributed by atoms with E-state index in [9.17, 15) is 0 Å². The van der Waals surface area contributed by atoms with Crippen molar-refractivity contribution >= 4 is 27.3 Å². The van der Waals surface area contributed by atoms with Crippen molar-refractivity contribution in [2.75, 3.05) is 13.1 Å². The second-order valence-electron chi connectivity index (χ2n) is 5.97. The molecule has 1 unspecified atom stereocenters. The number of hydrogen-bond acceptors (Lipinski definition) is 2. The van der Waals surface area contributed by atoms with Gasteiger partial charge in [-0.1, -0.05) is 34.1 Å². The van der Waals surface area contributed by atoms with Gasteiger partial charge in [-0.15, -0.1) is 11.3 Å². The molecular formula is C15H26BrNS. The molecule has 0 aromatic carbocycles. The smallest absolute Gasteiger partial charge is 0.0701 e. The molecule has 0 amide bonds. The number of rotatable bonds is 8. The van der Waals surface area contributed by atoms with Gasteiger partial charge in [-0.2, -0.15) is 0 Å². The largest absolute Gasteiger partial charge is 0.316 e. The van der Waals surface area contributed by atoms with Crippen LogP contribution >= 0.6 is 27.3 Å². The second-order valence-corrected chi connectivity index (χ2v) is 8.52. The second kappa shape index (κ2) is 7.66. The van der Waals surface area contributed by atoms with Gasteiger partial charge in [0.05, 0.1) is 3.79 Å². The van der Waals surface area contributed by atoms with Crippen molar-refractivity contribution in [3.8, 4) is 0 Å². The Morgan fingerprint density at radius 1 is 1.39 bits per heavy atom. The Hall–Kier alpha value is 0.140. The van der Waals surface area contributed by atoms with E-state index in [1.54, 1.807) is 0 Å². The minimum Gasteiger partial charge on any atom is -0.316 e. The van der Waals surface area contributed by atoms with Crippen LogP contribution in [0.15, 0.2) is 15.9 Å². The Bertz CT molecular complexity index is 348. The van der Waals surface area contributed by atoms with Crippen molar-refractivity contribution in [1.82, 2.24) is 5.32 Å². The van der Waals surface area contributed by atoms with E-state index in [1.807, 2.05) is 11.3 Å². The van der Waals surface area contributed by atoms with Gasteiger partial charge in [0.2, 0.25) is 0 Å². The van der Waals surface area contributed by atoms with Crippen molar-refractivity contribution in [2.24, 2.45) is 11.3 Å². The molecule has 1 heterocycles. The number of hydrogen-bond donors (Lipinski definition) is 1. The fourth-order valence-electron chi connectivity index (χ4n) is 2.37. The Balaban J connectivity index is 2.55. The molecule has 1 aromatic heterocycles. The zero-order valence-electron chi connectivity index (χ0n) is 12.1. The van der Waals surface area contributed by atoms with Gasteiger partial charge in [0.1, 0.15) is 0 Å². The predicted molar refractivity (Wildman–Crippen MR) is 86.4 cm³/mol. The molecule has 0 saturated carbocycles. The van der Waals surface area contributed by atoms with E-state index >= 15 is 0 Å². The first-order chi connectivity index (χ1) is 8.45. The summed E-state index contributed by atoms with van der Waals surface area (Å²) in [5.74, 6) is 0.728. The Morgan fingerprint density at radius 3 is 2.61 bits per heavy atom. The summed E-state index contributed by atoms with van der Waals surface area (Å²) in [6, 6.07) is 4.42. The molecule has 3 heteroatoms. The van der Waals surface area contributed by atoms with Crippen molar-refractivity contribution in [3.63, 3.8) is 0 Å². The van der Waals surface area contributed by atoms with E-state index in [1.165, 1.54) is 27.9 Å². The molecule has 104 valence electrons. The van der Waals surface area contributed by atoms with Crippen LogP contribution in [0.2, 0.25) is 0 Å². The van der Waals surface area contributed by atoms with E-state index in [2.05, 4.69) is 61.1 Å². The molecule has 1 N–H and O–H groups in total. The SMILES string of the molecule is CCCC(C)(CNCC(C)C)Cc1ccc(Br)s1. The minimum absolute atomic E-state index is 0.383. The van der Waals surface area contributed by atoms with E-state index in [-0.39, 0.29) is 0 Å². The molecule has 0 bridgehead atoms. The highest BCUT2D eigenvalue weighted by atomic mass is 79.9. The lowest BCUT2D eigenvalue weighted by Gasteiger charge is -2.29. The van der Waals surface area contributed by atoms with Crippen molar-refractivity contribution < 1.29 is 0 Å². The summed E-state index contributed by atoms with van der Waals surface area (Å²) in [5, 5.41) is 3.63. The first-order valence-corrected chi connectivity index (χ1v) is 8.51. The van der Waals surface area contributed by atoms with Gasteiger partial charge in [0, 0.05) is 11.4 Å². The summed E-state index contributed by atoms with van der Waals surface area (Å²) < 4.78 is 1.24. The summed E-state index contributed by atoms with van der Waals surface area (Å²) in [7, 11) is 0. The van der Waals surface area contributed by atoms with Crippen LogP contribution in [0.5, 0.6) is 0 Å². The highest BCUT2D eigenvalue weighted by Gasteiger charge is 2.24. The lowest BCUT2D eigenvalue weighted by Crippen LogP contribution is -2.35. The third-order valence-electron chi connectivity index (χ3n) is 3.19. The molecule has 1 atom stereocenters. The molecule has 1 rings (SSSR count). The first-order valence-electron chi connectivity index (χ1n) is 6.90. The quantitative estimate of drug-likeness (QED) is 0.698. The van der Waals surface area contributed by atoms with Crippen LogP contribution < -0.4 is 5.32 Å². The average Bonchev–Trinajstić information content (AvgIpc) is 2.63. The molecular weight excluding hydrogens is 306 g/mol. The monoisotopic (exact) mass is 331 g/mol. The predicted octanol–water partition coefficient (Wildman–Crippen LogP) is 5.11. The van der Waals surface area contributed by atoms with E-state index < -0.39 is 0 Å². The van der Waals surface area contributed by atoms with E-state index in [0.717, 1.165) is 19.0 Å². The fourth-order valence-corrected chi connectivity index (χ4v) is 4.07. The standard InChI is InChI=1S/C15H26BrNS/c1-5-8-15(4,11-17-10-12(2)3)9-13-6-7-14(16)18-13/h6-7,12,17H,5,8-11H2,1-4H3. The Morgan fingerprint density at radius 2 is 2.11 bits per heavy atom. The van der Waals surface area contributed by atoms with Crippen LogP contribution in [0, 0.1) is 11.3 Å². The van der Waals surface area contributed by atoms with Crippen LogP contribution in [0.4, 0.5) is 0 Å². The molecule has 0 aliphatic carbocycles. The lowest BCUT2D eigenvalue weighted by molar-refractivity contribution is 0.272. The maximum atomic E-state index is 3.63. The molecule has 0 radical (unpaired) electrons. The van der Waals surface area contributed by atoms with Gasteiger partial charge in [0.15, 0.2) is 0 Å². The third kappa shape index (κ3) is 5.85. The van der Waals surface area contributed by atoms with Gasteiger partial charge >= 0.3 is 0 Å². The number of nitrogens with one attached hydrogen (secondary N) is 1. The zero-order chi connectivity index (χ0) is 13.6. The average molecular weight is 332 g/mol. The van der Waals surface area contributed by atoms with Crippen molar-refractivity contribution in [3.05, 3.63) is 20.8 Å². The van der Waals surface area contributed by atoms with Gasteiger partial charge in [-0.05, 0) is 58.8 Å². The summed E-state index contributed by atoms with van der Waals surface area (Å²) >= 11 is 5.42. The fraction of sp³-hybridized carbons (Fsp3) is 0.733. The normalized spacial score (nSPS) is 15.0. The maximum absolute atomic E-state index is 3.63. The first kappa shape index (κ1) is 16.2. The van der Waals surface area contributed by atoms with Crippen LogP contribution in [0.3, 0.4) is 0 Å². The topological polar surface area (TPSA) is 12.0 Å². The Labute approximate surface area is 125 Å². The highest BCUT2D eigenvalue weighted by Crippen LogP contribution is 2.32. The molecule has 1 aromatic rings. The zero-order valence-corrected chi connectivity index (χ0v) is 14.5. The van der Waals surface area contributed by atoms with E-state index in [4.69, 9.17) is 0 Å². The number of thiophene rings is 1. The third-order valence-corrected chi connectivity index (χ3v) is 4.81. The molecule has 0 spiro atoms. The van der Waals surface area contributed by atoms with Gasteiger partial charge in [-0.25, -0.2) is 0 Å². The van der Waals surface area contributed by atoms with Crippen molar-refractivity contribution in [2.45, 2.75) is 47.0 Å². The van der Waals surface area contributed by atoms with Crippen LogP contribution in [0.1, 0.15) is 45.4 Å². The summed E-state index contributed by atoms with van der Waals surface area (Å²) in [6.07, 6.45) is 3.72. The van der Waals surface area contributed by atoms with Gasteiger partial charge < -0.3 is 5.32 Å². The van der Waals surface area contributed by atoms with E-state index in [0.29, 0.717) is 5.41 Å². The Kier molecular flexibility index (Phi) is 6.89. The number of halogens is 1. The molecule has 1 nitrogen and oxygen atoms in total. The molecule has 0 fully saturated rings. The van der Waals surface area contributed by atoms with Crippen LogP contribution in [0.25, 0.3) is 0 Å². The van der Waals surface area contributed by atoms with Gasteiger partial charge in [0.25, 0.3) is 0 Å². The van der Waals surface area contributed by atoms with Gasteiger partial charge in [-0.3, -0.25) is 0 Å². The molecule has 0 aliphatic heterocycles. The summed E-state index contributed by atoms with van der Waals surface area (Å²) in [4.78, 5) is 1.49. The maximum Gasteiger partial charge on any atom is 0.0701 e. The van der Waals surface area contributed by atoms with Crippen LogP contribution in [-0.4, -0.2) is 13.1 Å². The molecule has 0 aliphatic rings. The summed E-state index contributed by atoms with van der Waals surface area (Å²) in [5.41, 5.74) is 0.383. The minimum atomic E-state index is 0.383. The lowest BCUT2D eigenvalue weighted by atomic mass is 9.81.